The molecule has 0 heterocycles. The van der Waals surface area contributed by atoms with Crippen molar-refractivity contribution < 1.29 is 9.13 Å². The second kappa shape index (κ2) is 4.68. The summed E-state index contributed by atoms with van der Waals surface area (Å²) in [4.78, 5) is 0. The highest BCUT2D eigenvalue weighted by Gasteiger charge is 2.00. The first-order chi connectivity index (χ1) is 5.11. The van der Waals surface area contributed by atoms with Crippen molar-refractivity contribution in [3.8, 4) is 0 Å². The summed E-state index contributed by atoms with van der Waals surface area (Å²) in [5, 5.41) is 0. The van der Waals surface area contributed by atoms with Crippen LogP contribution in [0.1, 0.15) is 0 Å². The third-order valence-electron chi connectivity index (χ3n) is 1.08. The lowest BCUT2D eigenvalue weighted by Gasteiger charge is -2.02. The van der Waals surface area contributed by atoms with E-state index in [1.165, 1.54) is 13.2 Å². The van der Waals surface area contributed by atoms with Gasteiger partial charge in [0.05, 0.1) is 7.11 Å². The SMILES string of the molecule is C=C(/C=C(/OC)C(=C)F)CN. The minimum atomic E-state index is -0.623. The molecule has 0 saturated heterocycles. The first-order valence-corrected chi connectivity index (χ1v) is 3.10. The van der Waals surface area contributed by atoms with E-state index < -0.39 is 5.83 Å². The average molecular weight is 157 g/mol. The van der Waals surface area contributed by atoms with Gasteiger partial charge in [0.25, 0.3) is 0 Å². The standard InChI is InChI=1S/C8H12FNO/c1-6(5-10)4-8(11-3)7(2)9/h4H,1-2,5,10H2,3H3/b8-4+. The quantitative estimate of drug-likeness (QED) is 0.496. The summed E-state index contributed by atoms with van der Waals surface area (Å²) < 4.78 is 17.0. The summed E-state index contributed by atoms with van der Waals surface area (Å²) in [6, 6.07) is 0. The Hall–Kier alpha value is -1.09. The first kappa shape index (κ1) is 9.91. The zero-order valence-electron chi connectivity index (χ0n) is 6.56. The third kappa shape index (κ3) is 3.57. The Morgan fingerprint density at radius 1 is 1.64 bits per heavy atom. The molecule has 0 aromatic rings. The van der Waals surface area contributed by atoms with Gasteiger partial charge in [0, 0.05) is 6.54 Å². The Morgan fingerprint density at radius 3 is 2.45 bits per heavy atom. The van der Waals surface area contributed by atoms with Crippen LogP contribution in [0.3, 0.4) is 0 Å². The van der Waals surface area contributed by atoms with Crippen molar-refractivity contribution in [3.05, 3.63) is 36.4 Å². The molecule has 0 rings (SSSR count). The highest BCUT2D eigenvalue weighted by atomic mass is 19.1. The van der Waals surface area contributed by atoms with E-state index in [9.17, 15) is 4.39 Å². The largest absolute Gasteiger partial charge is 0.494 e. The monoisotopic (exact) mass is 157 g/mol. The summed E-state index contributed by atoms with van der Waals surface area (Å²) in [6.07, 6.45) is 1.42. The average Bonchev–Trinajstić information content (AvgIpc) is 1.99. The number of rotatable bonds is 4. The van der Waals surface area contributed by atoms with Gasteiger partial charge in [-0.25, -0.2) is 4.39 Å². The van der Waals surface area contributed by atoms with Crippen molar-refractivity contribution in [1.82, 2.24) is 0 Å². The lowest BCUT2D eigenvalue weighted by molar-refractivity contribution is 0.283. The van der Waals surface area contributed by atoms with Gasteiger partial charge in [-0.15, -0.1) is 0 Å². The van der Waals surface area contributed by atoms with Gasteiger partial charge in [0.2, 0.25) is 0 Å². The van der Waals surface area contributed by atoms with Gasteiger partial charge in [0.1, 0.15) is 0 Å². The van der Waals surface area contributed by atoms with E-state index in [-0.39, 0.29) is 12.3 Å². The molecule has 0 amide bonds. The lowest BCUT2D eigenvalue weighted by Crippen LogP contribution is -2.00. The molecule has 0 aromatic carbocycles. The van der Waals surface area contributed by atoms with Crippen molar-refractivity contribution in [2.24, 2.45) is 5.73 Å². The van der Waals surface area contributed by atoms with Crippen LogP contribution in [-0.2, 0) is 4.74 Å². The van der Waals surface area contributed by atoms with Crippen LogP contribution in [0.2, 0.25) is 0 Å². The van der Waals surface area contributed by atoms with Crippen LogP contribution in [-0.4, -0.2) is 13.7 Å². The highest BCUT2D eigenvalue weighted by Crippen LogP contribution is 2.11. The Bertz CT molecular complexity index is 196. The predicted octanol–water partition coefficient (Wildman–Crippen LogP) is 1.51. The minimum Gasteiger partial charge on any atom is -0.494 e. The third-order valence-corrected chi connectivity index (χ3v) is 1.08. The molecule has 0 unspecified atom stereocenters. The van der Waals surface area contributed by atoms with Crippen LogP contribution in [0.15, 0.2) is 36.4 Å². The molecule has 2 nitrogen and oxygen atoms in total. The number of methoxy groups -OCH3 is 1. The van der Waals surface area contributed by atoms with Crippen LogP contribution in [0.4, 0.5) is 4.39 Å². The highest BCUT2D eigenvalue weighted by molar-refractivity contribution is 5.27. The van der Waals surface area contributed by atoms with Gasteiger partial charge in [-0.2, -0.15) is 0 Å². The molecule has 3 heteroatoms. The number of nitrogens with two attached hydrogens (primary N) is 1. The van der Waals surface area contributed by atoms with Crippen molar-refractivity contribution in [2.75, 3.05) is 13.7 Å². The summed E-state index contributed by atoms with van der Waals surface area (Å²) in [6.45, 7) is 6.90. The van der Waals surface area contributed by atoms with E-state index in [0.717, 1.165) is 0 Å². The van der Waals surface area contributed by atoms with Crippen molar-refractivity contribution in [1.29, 1.82) is 0 Å². The van der Waals surface area contributed by atoms with Crippen molar-refractivity contribution in [3.63, 3.8) is 0 Å². The molecular weight excluding hydrogens is 145 g/mol. The van der Waals surface area contributed by atoms with Crippen LogP contribution < -0.4 is 5.73 Å². The number of hydrogen-bond donors (Lipinski definition) is 1. The second-order valence-corrected chi connectivity index (χ2v) is 1.98. The number of halogens is 1. The molecule has 0 spiro atoms. The molecule has 0 atom stereocenters. The normalized spacial score (nSPS) is 11.0. The Kier molecular flexibility index (Phi) is 4.22. The van der Waals surface area contributed by atoms with Crippen LogP contribution >= 0.6 is 0 Å². The molecule has 0 aliphatic heterocycles. The van der Waals surface area contributed by atoms with E-state index >= 15 is 0 Å². The first-order valence-electron chi connectivity index (χ1n) is 3.10. The van der Waals surface area contributed by atoms with Crippen LogP contribution in [0, 0.1) is 0 Å². The fraction of sp³-hybridized carbons (Fsp3) is 0.250. The molecule has 0 aliphatic carbocycles. The Balaban J connectivity index is 4.35. The molecule has 0 radical (unpaired) electrons. The van der Waals surface area contributed by atoms with Crippen molar-refractivity contribution in [2.45, 2.75) is 0 Å². The topological polar surface area (TPSA) is 35.2 Å². The van der Waals surface area contributed by atoms with Crippen molar-refractivity contribution >= 4 is 0 Å². The summed E-state index contributed by atoms with van der Waals surface area (Å²) in [5.74, 6) is -0.553. The van der Waals surface area contributed by atoms with E-state index in [1.54, 1.807) is 0 Å². The molecule has 0 fully saturated rings. The summed E-state index contributed by atoms with van der Waals surface area (Å²) in [5.41, 5.74) is 5.82. The summed E-state index contributed by atoms with van der Waals surface area (Å²) >= 11 is 0. The van der Waals surface area contributed by atoms with E-state index in [0.29, 0.717) is 5.57 Å². The smallest absolute Gasteiger partial charge is 0.157 e. The minimum absolute atomic E-state index is 0.0699. The Morgan fingerprint density at radius 2 is 2.18 bits per heavy atom. The summed E-state index contributed by atoms with van der Waals surface area (Å²) in [7, 11) is 1.36. The molecule has 0 aromatic heterocycles. The molecule has 11 heavy (non-hydrogen) atoms. The molecule has 0 saturated carbocycles. The maximum Gasteiger partial charge on any atom is 0.157 e. The molecule has 2 N–H and O–H groups in total. The fourth-order valence-electron chi connectivity index (χ4n) is 0.492. The molecular formula is C8H12FNO. The van der Waals surface area contributed by atoms with Gasteiger partial charge in [-0.3, -0.25) is 0 Å². The van der Waals surface area contributed by atoms with E-state index in [2.05, 4.69) is 17.9 Å². The van der Waals surface area contributed by atoms with E-state index in [4.69, 9.17) is 5.73 Å². The zero-order chi connectivity index (χ0) is 8.85. The lowest BCUT2D eigenvalue weighted by atomic mass is 10.2. The van der Waals surface area contributed by atoms with Gasteiger partial charge in [0.15, 0.2) is 11.6 Å². The zero-order valence-corrected chi connectivity index (χ0v) is 6.56. The fourth-order valence-corrected chi connectivity index (χ4v) is 0.492. The number of hydrogen-bond acceptors (Lipinski definition) is 2. The molecule has 0 aliphatic rings. The number of ether oxygens (including phenoxy) is 1. The van der Waals surface area contributed by atoms with Crippen LogP contribution in [0.5, 0.6) is 0 Å². The van der Waals surface area contributed by atoms with Gasteiger partial charge >= 0.3 is 0 Å². The second-order valence-electron chi connectivity index (χ2n) is 1.98. The van der Waals surface area contributed by atoms with Gasteiger partial charge in [-0.05, 0) is 11.6 Å². The molecule has 62 valence electrons. The van der Waals surface area contributed by atoms with Crippen LogP contribution in [0.25, 0.3) is 0 Å². The molecule has 0 bridgehead atoms. The Labute approximate surface area is 65.8 Å². The maximum absolute atomic E-state index is 12.4. The maximum atomic E-state index is 12.4. The van der Waals surface area contributed by atoms with Gasteiger partial charge < -0.3 is 10.5 Å². The predicted molar refractivity (Wildman–Crippen MR) is 43.5 cm³/mol. The van der Waals surface area contributed by atoms with Gasteiger partial charge in [-0.1, -0.05) is 13.2 Å². The number of allylic oxidation sites excluding steroid dienone is 1. The van der Waals surface area contributed by atoms with E-state index in [1.807, 2.05) is 0 Å².